The van der Waals surface area contributed by atoms with Crippen LogP contribution in [0.2, 0.25) is 0 Å². The van der Waals surface area contributed by atoms with Gasteiger partial charge in [-0.15, -0.1) is 0 Å². The first-order valence-electron chi connectivity index (χ1n) is 7.58. The molecule has 4 heteroatoms. The highest BCUT2D eigenvalue weighted by Crippen LogP contribution is 2.25. The van der Waals surface area contributed by atoms with Crippen LogP contribution in [0.15, 0.2) is 60.7 Å². The lowest BCUT2D eigenvalue weighted by atomic mass is 9.87. The van der Waals surface area contributed by atoms with Gasteiger partial charge < -0.3 is 10.6 Å². The molecule has 2 aromatic carbocycles. The minimum absolute atomic E-state index is 0.108. The SMILES string of the molecule is CN(C(=O)c1ccccc1)C(C)(CC(N)=O)Cc1ccccc1. The van der Waals surface area contributed by atoms with Gasteiger partial charge in [0, 0.05) is 19.0 Å². The molecule has 0 aromatic heterocycles. The van der Waals surface area contributed by atoms with Crippen LogP contribution in [0.1, 0.15) is 29.3 Å². The number of rotatable bonds is 6. The van der Waals surface area contributed by atoms with Crippen LogP contribution in [-0.2, 0) is 11.2 Å². The lowest BCUT2D eigenvalue weighted by molar-refractivity contribution is -0.120. The molecule has 1 unspecified atom stereocenters. The summed E-state index contributed by atoms with van der Waals surface area (Å²) >= 11 is 0. The van der Waals surface area contributed by atoms with Crippen LogP contribution >= 0.6 is 0 Å². The Balaban J connectivity index is 2.29. The smallest absolute Gasteiger partial charge is 0.254 e. The Labute approximate surface area is 136 Å². The van der Waals surface area contributed by atoms with E-state index < -0.39 is 11.4 Å². The minimum Gasteiger partial charge on any atom is -0.370 e. The Kier molecular flexibility index (Phi) is 5.16. The van der Waals surface area contributed by atoms with Crippen LogP contribution in [-0.4, -0.2) is 29.3 Å². The van der Waals surface area contributed by atoms with E-state index in [4.69, 9.17) is 5.73 Å². The molecule has 0 aliphatic heterocycles. The van der Waals surface area contributed by atoms with Gasteiger partial charge in [0.05, 0.1) is 5.54 Å². The predicted octanol–water partition coefficient (Wildman–Crippen LogP) is 2.64. The topological polar surface area (TPSA) is 63.4 Å². The third kappa shape index (κ3) is 4.19. The maximum Gasteiger partial charge on any atom is 0.254 e. The van der Waals surface area contributed by atoms with Crippen molar-refractivity contribution in [2.75, 3.05) is 7.05 Å². The standard InChI is InChI=1S/C19H22N2O2/c1-19(14-17(20)22,13-15-9-5-3-6-10-15)21(2)18(23)16-11-7-4-8-12-16/h3-12H,13-14H2,1-2H3,(H2,20,22). The normalized spacial score (nSPS) is 13.1. The molecule has 0 saturated heterocycles. The zero-order chi connectivity index (χ0) is 16.9. The highest BCUT2D eigenvalue weighted by Gasteiger charge is 2.35. The summed E-state index contributed by atoms with van der Waals surface area (Å²) in [6.45, 7) is 1.89. The molecule has 120 valence electrons. The van der Waals surface area contributed by atoms with E-state index in [-0.39, 0.29) is 12.3 Å². The van der Waals surface area contributed by atoms with Crippen molar-refractivity contribution in [2.24, 2.45) is 5.73 Å². The molecular weight excluding hydrogens is 288 g/mol. The van der Waals surface area contributed by atoms with Crippen molar-refractivity contribution in [1.82, 2.24) is 4.90 Å². The second kappa shape index (κ2) is 7.09. The lowest BCUT2D eigenvalue weighted by Gasteiger charge is -2.38. The number of carbonyl (C=O) groups is 2. The van der Waals surface area contributed by atoms with E-state index in [1.165, 1.54) is 0 Å². The van der Waals surface area contributed by atoms with Crippen LogP contribution in [0.3, 0.4) is 0 Å². The predicted molar refractivity (Wildman–Crippen MR) is 90.9 cm³/mol. The van der Waals surface area contributed by atoms with Crippen LogP contribution in [0.4, 0.5) is 0 Å². The van der Waals surface area contributed by atoms with E-state index in [9.17, 15) is 9.59 Å². The van der Waals surface area contributed by atoms with Gasteiger partial charge in [0.1, 0.15) is 0 Å². The molecule has 0 aliphatic rings. The molecule has 0 spiro atoms. The van der Waals surface area contributed by atoms with Gasteiger partial charge >= 0.3 is 0 Å². The summed E-state index contributed by atoms with van der Waals surface area (Å²) in [5.41, 5.74) is 6.41. The molecule has 0 saturated carbocycles. The number of nitrogens with two attached hydrogens (primary N) is 1. The van der Waals surface area contributed by atoms with Crippen molar-refractivity contribution >= 4 is 11.8 Å². The van der Waals surface area contributed by atoms with Gasteiger partial charge in [0.15, 0.2) is 0 Å². The number of likely N-dealkylation sites (N-methyl/N-ethyl adjacent to an activating group) is 1. The maximum atomic E-state index is 12.7. The summed E-state index contributed by atoms with van der Waals surface area (Å²) in [7, 11) is 1.72. The van der Waals surface area contributed by atoms with Crippen molar-refractivity contribution in [2.45, 2.75) is 25.3 Å². The Bertz CT molecular complexity index is 670. The average Bonchev–Trinajstić information content (AvgIpc) is 2.54. The largest absolute Gasteiger partial charge is 0.370 e. The fourth-order valence-corrected chi connectivity index (χ4v) is 2.73. The first kappa shape index (κ1) is 16.7. The molecule has 0 fully saturated rings. The van der Waals surface area contributed by atoms with Gasteiger partial charge in [0.25, 0.3) is 5.91 Å². The van der Waals surface area contributed by atoms with E-state index in [0.717, 1.165) is 5.56 Å². The number of carbonyl (C=O) groups excluding carboxylic acids is 2. The van der Waals surface area contributed by atoms with Crippen molar-refractivity contribution in [3.8, 4) is 0 Å². The summed E-state index contributed by atoms with van der Waals surface area (Å²) in [4.78, 5) is 25.9. The zero-order valence-corrected chi connectivity index (χ0v) is 13.5. The van der Waals surface area contributed by atoms with E-state index in [0.29, 0.717) is 12.0 Å². The van der Waals surface area contributed by atoms with E-state index in [2.05, 4.69) is 0 Å². The molecule has 1 atom stereocenters. The fourth-order valence-electron chi connectivity index (χ4n) is 2.73. The van der Waals surface area contributed by atoms with Crippen LogP contribution in [0.5, 0.6) is 0 Å². The molecule has 2 rings (SSSR count). The first-order valence-corrected chi connectivity index (χ1v) is 7.58. The van der Waals surface area contributed by atoms with Gasteiger partial charge in [-0.3, -0.25) is 9.59 Å². The number of nitrogens with zero attached hydrogens (tertiary/aromatic N) is 1. The average molecular weight is 310 g/mol. The van der Waals surface area contributed by atoms with Gasteiger partial charge in [0.2, 0.25) is 5.91 Å². The Hall–Kier alpha value is -2.62. The highest BCUT2D eigenvalue weighted by atomic mass is 16.2. The summed E-state index contributed by atoms with van der Waals surface area (Å²) in [5.74, 6) is -0.540. The number of hydrogen-bond acceptors (Lipinski definition) is 2. The lowest BCUT2D eigenvalue weighted by Crippen LogP contribution is -2.51. The quantitative estimate of drug-likeness (QED) is 0.891. The van der Waals surface area contributed by atoms with Crippen LogP contribution in [0.25, 0.3) is 0 Å². The Morgan fingerprint density at radius 3 is 2.04 bits per heavy atom. The van der Waals surface area contributed by atoms with Crippen molar-refractivity contribution < 1.29 is 9.59 Å². The third-order valence-corrected chi connectivity index (χ3v) is 4.12. The summed E-state index contributed by atoms with van der Waals surface area (Å²) < 4.78 is 0. The van der Waals surface area contributed by atoms with Crippen molar-refractivity contribution in [3.63, 3.8) is 0 Å². The van der Waals surface area contributed by atoms with Crippen molar-refractivity contribution in [3.05, 3.63) is 71.8 Å². The Morgan fingerprint density at radius 2 is 1.52 bits per heavy atom. The van der Waals surface area contributed by atoms with Gasteiger partial charge in [-0.05, 0) is 31.0 Å². The fraction of sp³-hybridized carbons (Fsp3) is 0.263. The zero-order valence-electron chi connectivity index (χ0n) is 13.5. The molecule has 2 N–H and O–H groups in total. The molecule has 0 heterocycles. The monoisotopic (exact) mass is 310 g/mol. The van der Waals surface area contributed by atoms with Crippen molar-refractivity contribution in [1.29, 1.82) is 0 Å². The second-order valence-corrected chi connectivity index (χ2v) is 6.03. The van der Waals surface area contributed by atoms with E-state index >= 15 is 0 Å². The summed E-state index contributed by atoms with van der Waals surface area (Å²) in [6, 6.07) is 18.8. The molecule has 0 aliphatic carbocycles. The van der Waals surface area contributed by atoms with Gasteiger partial charge in [-0.25, -0.2) is 0 Å². The van der Waals surface area contributed by atoms with Crippen LogP contribution in [0, 0.1) is 0 Å². The third-order valence-electron chi connectivity index (χ3n) is 4.12. The highest BCUT2D eigenvalue weighted by molar-refractivity contribution is 5.95. The number of hydrogen-bond donors (Lipinski definition) is 1. The molecule has 2 aromatic rings. The number of primary amides is 1. The molecule has 2 amide bonds. The van der Waals surface area contributed by atoms with Crippen LogP contribution < -0.4 is 5.73 Å². The van der Waals surface area contributed by atoms with Gasteiger partial charge in [-0.2, -0.15) is 0 Å². The summed E-state index contributed by atoms with van der Waals surface area (Å²) in [5, 5.41) is 0. The maximum absolute atomic E-state index is 12.7. The number of amides is 2. The van der Waals surface area contributed by atoms with E-state index in [1.807, 2.05) is 55.5 Å². The summed E-state index contributed by atoms with van der Waals surface area (Å²) in [6.07, 6.45) is 0.669. The molecular formula is C19H22N2O2. The molecule has 23 heavy (non-hydrogen) atoms. The second-order valence-electron chi connectivity index (χ2n) is 6.03. The molecule has 0 radical (unpaired) electrons. The molecule has 0 bridgehead atoms. The molecule has 4 nitrogen and oxygen atoms in total. The van der Waals surface area contributed by atoms with E-state index in [1.54, 1.807) is 24.1 Å². The van der Waals surface area contributed by atoms with Gasteiger partial charge in [-0.1, -0.05) is 48.5 Å². The Morgan fingerprint density at radius 1 is 1.00 bits per heavy atom. The number of benzene rings is 2. The first-order chi connectivity index (χ1) is 10.9. The minimum atomic E-state index is -0.680.